The molecule has 0 aromatic rings. The molecule has 2 atom stereocenters. The summed E-state index contributed by atoms with van der Waals surface area (Å²) in [6, 6.07) is 0. The summed E-state index contributed by atoms with van der Waals surface area (Å²) in [5.41, 5.74) is 1.95. The molecule has 0 aliphatic carbocycles. The van der Waals surface area contributed by atoms with Gasteiger partial charge in [-0.25, -0.2) is 5.84 Å². The number of carbonyl (C=O) groups is 1. The number of nitrogens with one attached hydrogen (secondary N) is 1. The van der Waals surface area contributed by atoms with Crippen LogP contribution in [0, 0.1) is 0 Å². The first-order valence-corrected chi connectivity index (χ1v) is 5.91. The molecule has 0 aromatic carbocycles. The molecular weight excluding hydrogens is 267 g/mol. The Balaban J connectivity index is 2.45. The van der Waals surface area contributed by atoms with Gasteiger partial charge in [0.05, 0.1) is 19.3 Å². The summed E-state index contributed by atoms with van der Waals surface area (Å²) in [7, 11) is 0. The van der Waals surface area contributed by atoms with Crippen LogP contribution in [-0.2, 0) is 9.53 Å². The predicted octanol–water partition coefficient (Wildman–Crippen LogP) is -0.620. The van der Waals surface area contributed by atoms with Gasteiger partial charge < -0.3 is 9.84 Å². The van der Waals surface area contributed by atoms with E-state index in [4.69, 9.17) is 15.7 Å². The molecule has 1 fully saturated rings. The number of hydrazine groups is 1. The van der Waals surface area contributed by atoms with Crippen molar-refractivity contribution >= 4 is 5.91 Å². The van der Waals surface area contributed by atoms with Gasteiger partial charge in [0.2, 0.25) is 0 Å². The summed E-state index contributed by atoms with van der Waals surface area (Å²) < 4.78 is 42.3. The van der Waals surface area contributed by atoms with Gasteiger partial charge in [0, 0.05) is 13.1 Å². The first-order valence-electron chi connectivity index (χ1n) is 5.91. The van der Waals surface area contributed by atoms with Crippen LogP contribution in [0.4, 0.5) is 13.2 Å². The monoisotopic (exact) mass is 285 g/mol. The molecule has 1 saturated heterocycles. The van der Waals surface area contributed by atoms with Crippen LogP contribution in [0.25, 0.3) is 0 Å². The lowest BCUT2D eigenvalue weighted by atomic mass is 10.2. The van der Waals surface area contributed by atoms with Gasteiger partial charge in [0.15, 0.2) is 0 Å². The Kier molecular flexibility index (Phi) is 5.98. The largest absolute Gasteiger partial charge is 0.401 e. The third-order valence-corrected chi connectivity index (χ3v) is 2.82. The Morgan fingerprint density at radius 2 is 2.16 bits per heavy atom. The van der Waals surface area contributed by atoms with E-state index in [2.05, 4.69) is 0 Å². The van der Waals surface area contributed by atoms with Gasteiger partial charge in [0.1, 0.15) is 6.10 Å². The van der Waals surface area contributed by atoms with Gasteiger partial charge in [0.25, 0.3) is 5.91 Å². The molecule has 19 heavy (non-hydrogen) atoms. The topological polar surface area (TPSA) is 87.8 Å². The van der Waals surface area contributed by atoms with Crippen LogP contribution in [-0.4, -0.2) is 60.5 Å². The quantitative estimate of drug-likeness (QED) is 0.344. The zero-order valence-electron chi connectivity index (χ0n) is 10.3. The van der Waals surface area contributed by atoms with Gasteiger partial charge >= 0.3 is 6.18 Å². The van der Waals surface area contributed by atoms with Gasteiger partial charge in [-0.2, -0.15) is 13.2 Å². The maximum atomic E-state index is 12.3. The summed E-state index contributed by atoms with van der Waals surface area (Å²) in [4.78, 5) is 12.3. The highest BCUT2D eigenvalue weighted by Gasteiger charge is 2.35. The minimum atomic E-state index is -4.33. The Bertz CT molecular complexity index is 301. The van der Waals surface area contributed by atoms with E-state index in [-0.39, 0.29) is 19.7 Å². The molecule has 4 N–H and O–H groups in total. The predicted molar refractivity (Wildman–Crippen MR) is 59.8 cm³/mol. The average molecular weight is 285 g/mol. The molecule has 0 spiro atoms. The van der Waals surface area contributed by atoms with Crippen molar-refractivity contribution in [1.29, 1.82) is 0 Å². The van der Waals surface area contributed by atoms with E-state index in [0.29, 0.717) is 12.8 Å². The summed E-state index contributed by atoms with van der Waals surface area (Å²) >= 11 is 0. The number of aliphatic hydroxyl groups is 1. The van der Waals surface area contributed by atoms with Crippen molar-refractivity contribution in [2.45, 2.75) is 31.2 Å². The summed E-state index contributed by atoms with van der Waals surface area (Å²) in [5.74, 6) is 4.48. The summed E-state index contributed by atoms with van der Waals surface area (Å²) in [6.07, 6.45) is -4.60. The summed E-state index contributed by atoms with van der Waals surface area (Å²) in [6.45, 7) is -1.54. The molecule has 0 bridgehead atoms. The number of hydrogen-bond acceptors (Lipinski definition) is 5. The SMILES string of the molecule is NNC(=O)C1CCC(CN(CCO)CC(F)(F)F)O1. The van der Waals surface area contributed by atoms with Crippen molar-refractivity contribution in [2.24, 2.45) is 5.84 Å². The molecule has 0 saturated carbocycles. The fourth-order valence-corrected chi connectivity index (χ4v) is 2.04. The van der Waals surface area contributed by atoms with Gasteiger partial charge in [-0.15, -0.1) is 0 Å². The zero-order valence-corrected chi connectivity index (χ0v) is 10.3. The van der Waals surface area contributed by atoms with E-state index >= 15 is 0 Å². The Hall–Kier alpha value is -0.900. The molecule has 9 heteroatoms. The van der Waals surface area contributed by atoms with Crippen LogP contribution in [0.2, 0.25) is 0 Å². The highest BCUT2D eigenvalue weighted by molar-refractivity contribution is 5.80. The van der Waals surface area contributed by atoms with Crippen molar-refractivity contribution in [2.75, 3.05) is 26.2 Å². The maximum absolute atomic E-state index is 12.3. The first kappa shape index (κ1) is 16.2. The van der Waals surface area contributed by atoms with E-state index in [0.717, 1.165) is 4.90 Å². The Morgan fingerprint density at radius 3 is 2.68 bits per heavy atom. The second-order valence-corrected chi connectivity index (χ2v) is 4.41. The van der Waals surface area contributed by atoms with Crippen molar-refractivity contribution in [3.05, 3.63) is 0 Å². The smallest absolute Gasteiger partial charge is 0.395 e. The van der Waals surface area contributed by atoms with Crippen LogP contribution in [0.15, 0.2) is 0 Å². The van der Waals surface area contributed by atoms with E-state index in [1.165, 1.54) is 0 Å². The van der Waals surface area contributed by atoms with E-state index in [1.54, 1.807) is 0 Å². The lowest BCUT2D eigenvalue weighted by Crippen LogP contribution is -2.42. The fourth-order valence-electron chi connectivity index (χ4n) is 2.04. The average Bonchev–Trinajstić information content (AvgIpc) is 2.74. The van der Waals surface area contributed by atoms with Crippen molar-refractivity contribution in [1.82, 2.24) is 10.3 Å². The van der Waals surface area contributed by atoms with Crippen molar-refractivity contribution < 1.29 is 27.8 Å². The third-order valence-electron chi connectivity index (χ3n) is 2.82. The second-order valence-electron chi connectivity index (χ2n) is 4.41. The second kappa shape index (κ2) is 7.04. The highest BCUT2D eigenvalue weighted by Crippen LogP contribution is 2.22. The number of aliphatic hydroxyl groups excluding tert-OH is 1. The standard InChI is InChI=1S/C10H18F3N3O3/c11-10(12,13)6-16(3-4-17)5-7-1-2-8(19-7)9(18)15-14/h7-8,17H,1-6,14H2,(H,15,18). The zero-order chi connectivity index (χ0) is 14.5. The fraction of sp³-hybridized carbons (Fsp3) is 0.900. The summed E-state index contributed by atoms with van der Waals surface area (Å²) in [5, 5.41) is 8.76. The Morgan fingerprint density at radius 1 is 1.47 bits per heavy atom. The lowest BCUT2D eigenvalue weighted by molar-refractivity contribution is -0.151. The molecule has 2 unspecified atom stereocenters. The molecule has 1 heterocycles. The number of nitrogens with two attached hydrogens (primary N) is 1. The number of alkyl halides is 3. The van der Waals surface area contributed by atoms with Crippen LogP contribution in [0.3, 0.4) is 0 Å². The van der Waals surface area contributed by atoms with Crippen LogP contribution < -0.4 is 11.3 Å². The highest BCUT2D eigenvalue weighted by atomic mass is 19.4. The van der Waals surface area contributed by atoms with E-state index < -0.39 is 30.8 Å². The van der Waals surface area contributed by atoms with Crippen LogP contribution >= 0.6 is 0 Å². The number of carbonyl (C=O) groups excluding carboxylic acids is 1. The minimum absolute atomic E-state index is 0.0222. The van der Waals surface area contributed by atoms with Crippen molar-refractivity contribution in [3.8, 4) is 0 Å². The van der Waals surface area contributed by atoms with Gasteiger partial charge in [-0.3, -0.25) is 15.1 Å². The molecule has 1 aliphatic rings. The molecule has 1 amide bonds. The van der Waals surface area contributed by atoms with Gasteiger partial charge in [-0.1, -0.05) is 0 Å². The minimum Gasteiger partial charge on any atom is -0.395 e. The maximum Gasteiger partial charge on any atom is 0.401 e. The number of amides is 1. The lowest BCUT2D eigenvalue weighted by Gasteiger charge is -2.25. The first-order chi connectivity index (χ1) is 8.85. The Labute approximate surface area is 108 Å². The van der Waals surface area contributed by atoms with Crippen LogP contribution in [0.5, 0.6) is 0 Å². The van der Waals surface area contributed by atoms with E-state index in [9.17, 15) is 18.0 Å². The number of halogens is 3. The molecule has 0 radical (unpaired) electrons. The third kappa shape index (κ3) is 5.72. The van der Waals surface area contributed by atoms with Crippen molar-refractivity contribution in [3.63, 3.8) is 0 Å². The van der Waals surface area contributed by atoms with Crippen LogP contribution in [0.1, 0.15) is 12.8 Å². The number of rotatable bonds is 6. The normalized spacial score (nSPS) is 23.9. The molecular formula is C10H18F3N3O3. The van der Waals surface area contributed by atoms with Gasteiger partial charge in [-0.05, 0) is 12.8 Å². The molecule has 0 aromatic heterocycles. The number of nitrogens with zero attached hydrogens (tertiary/aromatic N) is 1. The molecule has 1 rings (SSSR count). The van der Waals surface area contributed by atoms with E-state index in [1.807, 2.05) is 5.43 Å². The number of ether oxygens (including phenoxy) is 1. The molecule has 1 aliphatic heterocycles. The molecule has 6 nitrogen and oxygen atoms in total. The number of hydrogen-bond donors (Lipinski definition) is 3. The molecule has 112 valence electrons.